The molecule has 0 aliphatic carbocycles. The molecular formula is C9H10ClN5OS. The number of hydrogen-bond acceptors (Lipinski definition) is 6. The summed E-state index contributed by atoms with van der Waals surface area (Å²) in [6.45, 7) is 0.506. The molecule has 0 bridgehead atoms. The van der Waals surface area contributed by atoms with Gasteiger partial charge in [0.05, 0.1) is 22.4 Å². The molecule has 0 fully saturated rings. The highest BCUT2D eigenvalue weighted by Crippen LogP contribution is 2.29. The van der Waals surface area contributed by atoms with Crippen molar-refractivity contribution in [3.63, 3.8) is 0 Å². The largest absolute Gasteiger partial charge is 0.409 e. The number of oxime groups is 1. The summed E-state index contributed by atoms with van der Waals surface area (Å²) in [4.78, 5) is 0. The minimum Gasteiger partial charge on any atom is -0.409 e. The summed E-state index contributed by atoms with van der Waals surface area (Å²) < 4.78 is 8.29. The van der Waals surface area contributed by atoms with Gasteiger partial charge in [-0.1, -0.05) is 16.8 Å². The van der Waals surface area contributed by atoms with E-state index in [1.54, 1.807) is 6.07 Å². The van der Waals surface area contributed by atoms with Gasteiger partial charge in [0.2, 0.25) is 0 Å². The first-order chi connectivity index (χ1) is 8.22. The van der Waals surface area contributed by atoms with E-state index in [0.717, 1.165) is 28.4 Å². The monoisotopic (exact) mass is 271 g/mol. The van der Waals surface area contributed by atoms with E-state index in [2.05, 4.69) is 19.2 Å². The number of nitrogens with two attached hydrogens (primary N) is 1. The van der Waals surface area contributed by atoms with Gasteiger partial charge in [-0.05, 0) is 12.1 Å². The number of benzene rings is 1. The Bertz CT molecular complexity index is 555. The number of fused-ring (bicyclic) bond motifs is 1. The number of aromatic nitrogens is 2. The molecule has 1 aromatic heterocycles. The zero-order valence-electron chi connectivity index (χ0n) is 8.72. The van der Waals surface area contributed by atoms with Gasteiger partial charge >= 0.3 is 0 Å². The SMILES string of the molecule is NC(CCNc1c(Cl)ccc2nsnc12)=NO. The summed E-state index contributed by atoms with van der Waals surface area (Å²) in [7, 11) is 0. The zero-order valence-corrected chi connectivity index (χ0v) is 10.3. The number of nitrogens with zero attached hydrogens (tertiary/aromatic N) is 3. The van der Waals surface area contributed by atoms with Gasteiger partial charge in [-0.3, -0.25) is 0 Å². The van der Waals surface area contributed by atoms with Gasteiger partial charge in [0.25, 0.3) is 0 Å². The molecule has 0 aliphatic rings. The Hall–Kier alpha value is -1.60. The first-order valence-electron chi connectivity index (χ1n) is 4.83. The molecule has 0 amide bonds. The summed E-state index contributed by atoms with van der Waals surface area (Å²) in [5, 5.41) is 15.0. The second-order valence-electron chi connectivity index (χ2n) is 3.32. The molecule has 4 N–H and O–H groups in total. The molecule has 90 valence electrons. The van der Waals surface area contributed by atoms with Crippen molar-refractivity contribution in [3.8, 4) is 0 Å². The van der Waals surface area contributed by atoms with Crippen molar-refractivity contribution in [2.75, 3.05) is 11.9 Å². The quantitative estimate of drug-likeness (QED) is 0.341. The molecule has 6 nitrogen and oxygen atoms in total. The molecule has 17 heavy (non-hydrogen) atoms. The average Bonchev–Trinajstić information content (AvgIpc) is 2.80. The predicted molar refractivity (Wildman–Crippen MR) is 68.9 cm³/mol. The summed E-state index contributed by atoms with van der Waals surface area (Å²) in [5.74, 6) is 0.164. The van der Waals surface area contributed by atoms with E-state index in [4.69, 9.17) is 22.5 Å². The van der Waals surface area contributed by atoms with Crippen LogP contribution in [-0.2, 0) is 0 Å². The Labute approximate surface area is 106 Å². The van der Waals surface area contributed by atoms with Crippen LogP contribution >= 0.6 is 23.3 Å². The summed E-state index contributed by atoms with van der Waals surface area (Å²) >= 11 is 7.21. The lowest BCUT2D eigenvalue weighted by atomic mass is 10.2. The van der Waals surface area contributed by atoms with Gasteiger partial charge in [-0.25, -0.2) is 0 Å². The lowest BCUT2D eigenvalue weighted by molar-refractivity contribution is 0.317. The first-order valence-corrected chi connectivity index (χ1v) is 5.94. The van der Waals surface area contributed by atoms with Crippen molar-refractivity contribution in [2.45, 2.75) is 6.42 Å². The first kappa shape index (κ1) is 11.9. The van der Waals surface area contributed by atoms with E-state index < -0.39 is 0 Å². The fourth-order valence-corrected chi connectivity index (χ4v) is 2.12. The maximum atomic E-state index is 8.41. The van der Waals surface area contributed by atoms with Crippen LogP contribution in [0.1, 0.15) is 6.42 Å². The van der Waals surface area contributed by atoms with E-state index >= 15 is 0 Å². The van der Waals surface area contributed by atoms with E-state index in [1.165, 1.54) is 0 Å². The Morgan fingerprint density at radius 3 is 3.12 bits per heavy atom. The van der Waals surface area contributed by atoms with Crippen LogP contribution in [0.25, 0.3) is 11.0 Å². The van der Waals surface area contributed by atoms with Gasteiger partial charge in [0.1, 0.15) is 16.9 Å². The fraction of sp³-hybridized carbons (Fsp3) is 0.222. The third kappa shape index (κ3) is 2.56. The Kier molecular flexibility index (Phi) is 3.60. The molecule has 1 aromatic carbocycles. The molecule has 0 spiro atoms. The molecule has 0 unspecified atom stereocenters. The highest BCUT2D eigenvalue weighted by Gasteiger charge is 2.09. The van der Waals surface area contributed by atoms with E-state index in [1.807, 2.05) is 6.07 Å². The molecule has 2 aromatic rings. The lowest BCUT2D eigenvalue weighted by Crippen LogP contribution is -2.16. The zero-order chi connectivity index (χ0) is 12.3. The Morgan fingerprint density at radius 2 is 2.35 bits per heavy atom. The van der Waals surface area contributed by atoms with Crippen molar-refractivity contribution in [1.29, 1.82) is 0 Å². The number of rotatable bonds is 4. The standard InChI is InChI=1S/C9H10ClN5OS/c10-5-1-2-6-9(15-17-14-6)8(5)12-4-3-7(11)13-16/h1-2,12,16H,3-4H2,(H2,11,13). The molecule has 0 radical (unpaired) electrons. The number of halogens is 1. The van der Waals surface area contributed by atoms with Crippen LogP contribution in [0.4, 0.5) is 5.69 Å². The van der Waals surface area contributed by atoms with Gasteiger partial charge in [-0.2, -0.15) is 8.75 Å². The van der Waals surface area contributed by atoms with Crippen LogP contribution in [0.3, 0.4) is 0 Å². The second-order valence-corrected chi connectivity index (χ2v) is 4.26. The lowest BCUT2D eigenvalue weighted by Gasteiger charge is -2.07. The third-order valence-electron chi connectivity index (χ3n) is 2.19. The normalized spacial score (nSPS) is 11.9. The molecule has 0 atom stereocenters. The Morgan fingerprint density at radius 1 is 1.53 bits per heavy atom. The molecule has 1 heterocycles. The van der Waals surface area contributed by atoms with E-state index in [0.29, 0.717) is 18.0 Å². The Balaban J connectivity index is 2.17. The minimum atomic E-state index is 0.164. The molecule has 0 saturated carbocycles. The smallest absolute Gasteiger partial charge is 0.140 e. The van der Waals surface area contributed by atoms with E-state index in [9.17, 15) is 0 Å². The third-order valence-corrected chi connectivity index (χ3v) is 3.05. The number of nitrogens with one attached hydrogen (secondary N) is 1. The summed E-state index contributed by atoms with van der Waals surface area (Å²) in [6, 6.07) is 3.58. The minimum absolute atomic E-state index is 0.164. The maximum absolute atomic E-state index is 8.41. The van der Waals surface area contributed by atoms with Crippen LogP contribution in [0.5, 0.6) is 0 Å². The topological polar surface area (TPSA) is 96.4 Å². The molecule has 0 saturated heterocycles. The van der Waals surface area contributed by atoms with Crippen molar-refractivity contribution in [3.05, 3.63) is 17.2 Å². The van der Waals surface area contributed by atoms with Gasteiger partial charge in [0, 0.05) is 13.0 Å². The molecular weight excluding hydrogens is 262 g/mol. The van der Waals surface area contributed by atoms with Crippen LogP contribution < -0.4 is 11.1 Å². The summed E-state index contributed by atoms with van der Waals surface area (Å²) in [5.41, 5.74) is 7.63. The predicted octanol–water partition coefficient (Wildman–Crippen LogP) is 1.89. The number of hydrogen-bond donors (Lipinski definition) is 3. The maximum Gasteiger partial charge on any atom is 0.140 e. The highest BCUT2D eigenvalue weighted by molar-refractivity contribution is 7.00. The van der Waals surface area contributed by atoms with Gasteiger partial charge in [-0.15, -0.1) is 0 Å². The molecule has 8 heteroatoms. The molecule has 0 aliphatic heterocycles. The highest BCUT2D eigenvalue weighted by atomic mass is 35.5. The number of anilines is 1. The van der Waals surface area contributed by atoms with Gasteiger partial charge in [0.15, 0.2) is 0 Å². The number of amidine groups is 1. The van der Waals surface area contributed by atoms with Crippen molar-refractivity contribution in [2.24, 2.45) is 10.9 Å². The van der Waals surface area contributed by atoms with Crippen LogP contribution in [-0.4, -0.2) is 26.3 Å². The second kappa shape index (κ2) is 5.15. The summed E-state index contributed by atoms with van der Waals surface area (Å²) in [6.07, 6.45) is 0.417. The van der Waals surface area contributed by atoms with Crippen molar-refractivity contribution in [1.82, 2.24) is 8.75 Å². The molecule has 2 rings (SSSR count). The average molecular weight is 272 g/mol. The van der Waals surface area contributed by atoms with Crippen molar-refractivity contribution >= 4 is 45.9 Å². The van der Waals surface area contributed by atoms with Crippen molar-refractivity contribution < 1.29 is 5.21 Å². The van der Waals surface area contributed by atoms with Gasteiger partial charge < -0.3 is 16.3 Å². The van der Waals surface area contributed by atoms with Crippen LogP contribution in [0.2, 0.25) is 5.02 Å². The van der Waals surface area contributed by atoms with E-state index in [-0.39, 0.29) is 5.84 Å². The fourth-order valence-electron chi connectivity index (χ4n) is 1.36. The van der Waals surface area contributed by atoms with Crippen LogP contribution in [0.15, 0.2) is 17.3 Å². The van der Waals surface area contributed by atoms with Crippen LogP contribution in [0, 0.1) is 0 Å².